The molecule has 0 saturated carbocycles. The van der Waals surface area contributed by atoms with Crippen LogP contribution in [0.5, 0.6) is 0 Å². The summed E-state index contributed by atoms with van der Waals surface area (Å²) in [6, 6.07) is 17.9. The summed E-state index contributed by atoms with van der Waals surface area (Å²) in [7, 11) is 0. The minimum absolute atomic E-state index is 0.130. The van der Waals surface area contributed by atoms with E-state index in [2.05, 4.69) is 17.0 Å². The van der Waals surface area contributed by atoms with Crippen molar-refractivity contribution in [3.05, 3.63) is 65.7 Å². The van der Waals surface area contributed by atoms with Gasteiger partial charge in [-0.2, -0.15) is 0 Å². The molecule has 3 nitrogen and oxygen atoms in total. The molecule has 1 heterocycles. The molecule has 0 bridgehead atoms. The maximum Gasteiger partial charge on any atom is 0.182 e. The molecule has 0 radical (unpaired) electrons. The predicted molar refractivity (Wildman–Crippen MR) is 100 cm³/mol. The number of carbonyl (C=O) groups excluding carboxylic acids is 1. The summed E-state index contributed by atoms with van der Waals surface area (Å²) in [5.41, 5.74) is 2.97. The Labute approximate surface area is 144 Å². The van der Waals surface area contributed by atoms with Crippen molar-refractivity contribution in [3.63, 3.8) is 0 Å². The first-order valence-electron chi connectivity index (χ1n) is 8.70. The number of hydrogen-bond donors (Lipinski definition) is 0. The van der Waals surface area contributed by atoms with Crippen molar-refractivity contribution in [1.82, 2.24) is 0 Å². The normalized spacial score (nSPS) is 14.6. The van der Waals surface area contributed by atoms with Crippen molar-refractivity contribution in [2.45, 2.75) is 32.6 Å². The van der Waals surface area contributed by atoms with Crippen LogP contribution in [0, 0.1) is 6.92 Å². The van der Waals surface area contributed by atoms with E-state index in [4.69, 9.17) is 4.99 Å². The zero-order chi connectivity index (χ0) is 16.8. The van der Waals surface area contributed by atoms with Gasteiger partial charge >= 0.3 is 0 Å². The maximum atomic E-state index is 12.8. The van der Waals surface area contributed by atoms with E-state index >= 15 is 0 Å². The van der Waals surface area contributed by atoms with Crippen LogP contribution in [0.2, 0.25) is 0 Å². The van der Waals surface area contributed by atoms with E-state index < -0.39 is 0 Å². The summed E-state index contributed by atoms with van der Waals surface area (Å²) in [5.74, 6) is 1.17. The lowest BCUT2D eigenvalue weighted by Crippen LogP contribution is -2.35. The molecule has 3 rings (SSSR count). The van der Waals surface area contributed by atoms with E-state index in [1.165, 1.54) is 12.0 Å². The molecule has 1 aliphatic heterocycles. The molecule has 0 spiro atoms. The minimum Gasteiger partial charge on any atom is -0.322 e. The molecule has 0 aromatic heterocycles. The van der Waals surface area contributed by atoms with Gasteiger partial charge in [-0.25, -0.2) is 0 Å². The van der Waals surface area contributed by atoms with Gasteiger partial charge in [-0.3, -0.25) is 9.79 Å². The summed E-state index contributed by atoms with van der Waals surface area (Å²) in [6.07, 6.45) is 4.43. The highest BCUT2D eigenvalue weighted by Gasteiger charge is 2.19. The predicted octanol–water partition coefficient (Wildman–Crippen LogP) is 4.66. The Morgan fingerprint density at radius 3 is 2.50 bits per heavy atom. The van der Waals surface area contributed by atoms with Crippen LogP contribution in [-0.2, 0) is 0 Å². The number of ketones is 1. The highest BCUT2D eigenvalue weighted by molar-refractivity contribution is 6.07. The monoisotopic (exact) mass is 320 g/mol. The van der Waals surface area contributed by atoms with Crippen molar-refractivity contribution in [1.29, 1.82) is 0 Å². The Morgan fingerprint density at radius 2 is 1.75 bits per heavy atom. The third kappa shape index (κ3) is 4.10. The highest BCUT2D eigenvalue weighted by atomic mass is 16.1. The fourth-order valence-corrected chi connectivity index (χ4v) is 2.99. The molecule has 2 aromatic carbocycles. The summed E-state index contributed by atoms with van der Waals surface area (Å²) in [4.78, 5) is 19.6. The number of aliphatic imine (C=N–C) groups is 1. The second-order valence-corrected chi connectivity index (χ2v) is 6.32. The molecule has 0 unspecified atom stereocenters. The van der Waals surface area contributed by atoms with Gasteiger partial charge in [0, 0.05) is 24.2 Å². The average molecular weight is 320 g/mol. The van der Waals surface area contributed by atoms with Crippen molar-refractivity contribution < 1.29 is 4.79 Å². The lowest BCUT2D eigenvalue weighted by molar-refractivity contribution is 0.100. The van der Waals surface area contributed by atoms with E-state index in [0.29, 0.717) is 6.54 Å². The zero-order valence-corrected chi connectivity index (χ0v) is 14.2. The number of rotatable bonds is 4. The quantitative estimate of drug-likeness (QED) is 0.768. The van der Waals surface area contributed by atoms with Crippen molar-refractivity contribution in [3.8, 4) is 0 Å². The molecule has 0 saturated heterocycles. The number of carbonyl (C=O) groups is 1. The first kappa shape index (κ1) is 16.4. The number of Topliss-reactive ketones (excluding diaryl/α,β-unsaturated/α-hetero) is 1. The average Bonchev–Trinajstić information content (AvgIpc) is 2.90. The van der Waals surface area contributed by atoms with Crippen LogP contribution in [-0.4, -0.2) is 24.7 Å². The van der Waals surface area contributed by atoms with E-state index in [1.807, 2.05) is 49.4 Å². The van der Waals surface area contributed by atoms with Crippen LogP contribution in [0.4, 0.5) is 5.69 Å². The van der Waals surface area contributed by atoms with Crippen LogP contribution >= 0.6 is 0 Å². The van der Waals surface area contributed by atoms with E-state index in [1.54, 1.807) is 0 Å². The number of anilines is 1. The van der Waals surface area contributed by atoms with Gasteiger partial charge in [-0.15, -0.1) is 0 Å². The summed E-state index contributed by atoms with van der Waals surface area (Å²) >= 11 is 0. The van der Waals surface area contributed by atoms with Crippen LogP contribution < -0.4 is 4.90 Å². The fourth-order valence-electron chi connectivity index (χ4n) is 2.99. The number of nitrogens with zero attached hydrogens (tertiary/aromatic N) is 2. The Kier molecular flexibility index (Phi) is 5.42. The molecule has 2 aromatic rings. The van der Waals surface area contributed by atoms with Crippen molar-refractivity contribution in [2.75, 3.05) is 18.0 Å². The van der Waals surface area contributed by atoms with Gasteiger partial charge in [-0.05, 0) is 31.9 Å². The Morgan fingerprint density at radius 1 is 1.00 bits per heavy atom. The molecule has 0 amide bonds. The molecule has 124 valence electrons. The molecule has 0 fully saturated rings. The topological polar surface area (TPSA) is 32.7 Å². The van der Waals surface area contributed by atoms with Crippen LogP contribution in [0.25, 0.3) is 0 Å². The van der Waals surface area contributed by atoms with Gasteiger partial charge < -0.3 is 4.90 Å². The molecule has 0 aliphatic carbocycles. The zero-order valence-electron chi connectivity index (χ0n) is 14.2. The Balaban J connectivity index is 1.85. The molecule has 0 atom stereocenters. The minimum atomic E-state index is 0.130. The standard InChI is InChI=1S/C21H24N2O/c1-17-11-13-18(14-12-17)20(24)16-23(19-8-4-2-5-9-19)21-10-6-3-7-15-22-21/h2,4-5,8-9,11-14H,3,6-7,10,15-16H2,1H3. The van der Waals surface area contributed by atoms with Crippen LogP contribution in [0.15, 0.2) is 59.6 Å². The lowest BCUT2D eigenvalue weighted by Gasteiger charge is -2.25. The molecule has 0 N–H and O–H groups in total. The van der Waals surface area contributed by atoms with E-state index in [0.717, 1.165) is 42.9 Å². The number of benzene rings is 2. The summed E-state index contributed by atoms with van der Waals surface area (Å²) < 4.78 is 0. The third-order valence-electron chi connectivity index (χ3n) is 4.41. The fraction of sp³-hybridized carbons (Fsp3) is 0.333. The molecule has 24 heavy (non-hydrogen) atoms. The maximum absolute atomic E-state index is 12.8. The van der Waals surface area contributed by atoms with Gasteiger partial charge in [0.1, 0.15) is 5.84 Å². The Hall–Kier alpha value is -2.42. The second kappa shape index (κ2) is 7.91. The van der Waals surface area contributed by atoms with Crippen molar-refractivity contribution in [2.24, 2.45) is 4.99 Å². The summed E-state index contributed by atoms with van der Waals surface area (Å²) in [5, 5.41) is 0. The number of hydrogen-bond acceptors (Lipinski definition) is 3. The van der Waals surface area contributed by atoms with E-state index in [9.17, 15) is 4.79 Å². The molecular weight excluding hydrogens is 296 g/mol. The second-order valence-electron chi connectivity index (χ2n) is 6.32. The molecule has 3 heteroatoms. The van der Waals surface area contributed by atoms with Crippen LogP contribution in [0.1, 0.15) is 41.6 Å². The highest BCUT2D eigenvalue weighted by Crippen LogP contribution is 2.19. The summed E-state index contributed by atoms with van der Waals surface area (Å²) in [6.45, 7) is 3.23. The first-order chi connectivity index (χ1) is 11.7. The smallest absolute Gasteiger partial charge is 0.182 e. The van der Waals surface area contributed by atoms with E-state index in [-0.39, 0.29) is 5.78 Å². The molecular formula is C21H24N2O. The van der Waals surface area contributed by atoms with Gasteiger partial charge in [0.25, 0.3) is 0 Å². The van der Waals surface area contributed by atoms with Crippen LogP contribution in [0.3, 0.4) is 0 Å². The molecule has 1 aliphatic rings. The number of para-hydroxylation sites is 1. The number of aryl methyl sites for hydroxylation is 1. The lowest BCUT2D eigenvalue weighted by atomic mass is 10.1. The first-order valence-corrected chi connectivity index (χ1v) is 8.70. The Bertz CT molecular complexity index is 704. The SMILES string of the molecule is Cc1ccc(C(=O)CN(C2=NCCCCC2)c2ccccc2)cc1. The van der Waals surface area contributed by atoms with Crippen molar-refractivity contribution >= 4 is 17.3 Å². The third-order valence-corrected chi connectivity index (χ3v) is 4.41. The largest absolute Gasteiger partial charge is 0.322 e. The van der Waals surface area contributed by atoms with Gasteiger partial charge in [0.05, 0.1) is 6.54 Å². The number of amidine groups is 1. The van der Waals surface area contributed by atoms with Gasteiger partial charge in [0.15, 0.2) is 5.78 Å². The van der Waals surface area contributed by atoms with Gasteiger partial charge in [0.2, 0.25) is 0 Å². The van der Waals surface area contributed by atoms with Gasteiger partial charge in [-0.1, -0.05) is 54.4 Å².